The minimum atomic E-state index is -0.0986. The highest BCUT2D eigenvalue weighted by molar-refractivity contribution is 5.81. The van der Waals surface area contributed by atoms with E-state index in [1.807, 2.05) is 19.1 Å². The number of likely N-dealkylation sites (tertiary alicyclic amines) is 1. The third-order valence-electron chi connectivity index (χ3n) is 4.49. The van der Waals surface area contributed by atoms with Gasteiger partial charge in [0.1, 0.15) is 0 Å². The number of piperidine rings is 1. The monoisotopic (exact) mass is 361 g/mol. The Balaban J connectivity index is 2.09. The molecule has 1 unspecified atom stereocenters. The van der Waals surface area contributed by atoms with Crippen LogP contribution >= 0.6 is 0 Å². The van der Waals surface area contributed by atoms with Crippen LogP contribution in [-0.2, 0) is 27.4 Å². The van der Waals surface area contributed by atoms with Crippen molar-refractivity contribution >= 4 is 11.9 Å². The Morgan fingerprint density at radius 1 is 1.31 bits per heavy atom. The Morgan fingerprint density at radius 2 is 2.08 bits per heavy atom. The Labute approximate surface area is 156 Å². The second kappa shape index (κ2) is 10.8. The van der Waals surface area contributed by atoms with Crippen LogP contribution in [0.2, 0.25) is 0 Å². The first kappa shape index (κ1) is 20.2. The van der Waals surface area contributed by atoms with Crippen LogP contribution < -0.4 is 5.32 Å². The molecule has 1 N–H and O–H groups in total. The molecule has 1 aromatic carbocycles. The van der Waals surface area contributed by atoms with Crippen molar-refractivity contribution in [1.82, 2.24) is 10.2 Å². The lowest BCUT2D eigenvalue weighted by molar-refractivity contribution is -0.149. The van der Waals surface area contributed by atoms with Gasteiger partial charge in [0.25, 0.3) is 0 Å². The second-order valence-corrected chi connectivity index (χ2v) is 6.41. The molecule has 1 heterocycles. The summed E-state index contributed by atoms with van der Waals surface area (Å²) in [6.07, 6.45) is 1.85. The molecule has 1 atom stereocenters. The number of guanidine groups is 1. The lowest BCUT2D eigenvalue weighted by Crippen LogP contribution is -2.48. The molecule has 1 saturated heterocycles. The highest BCUT2D eigenvalue weighted by Gasteiger charge is 2.28. The molecule has 0 bridgehead atoms. The zero-order valence-corrected chi connectivity index (χ0v) is 16.2. The summed E-state index contributed by atoms with van der Waals surface area (Å²) in [6.45, 7) is 7.85. The highest BCUT2D eigenvalue weighted by atomic mass is 16.5. The van der Waals surface area contributed by atoms with Gasteiger partial charge in [0.15, 0.2) is 5.96 Å². The Hall–Kier alpha value is -2.08. The molecule has 1 aliphatic rings. The fourth-order valence-electron chi connectivity index (χ4n) is 3.22. The number of aliphatic imine (C=N–C) groups is 1. The molecule has 0 radical (unpaired) electrons. The van der Waals surface area contributed by atoms with Gasteiger partial charge in [-0.2, -0.15) is 0 Å². The SMILES string of the molecule is CCNC(=NCc1ccccc1COC)N1CCCC(C(=O)OCC)C1. The molecule has 0 spiro atoms. The number of esters is 1. The standard InChI is InChI=1S/C20H31N3O3/c1-4-21-20(22-13-16-9-6-7-10-18(16)15-25-3)23-12-8-11-17(14-23)19(24)26-5-2/h6-7,9-10,17H,4-5,8,11-15H2,1-3H3,(H,21,22). The molecule has 0 aliphatic carbocycles. The normalized spacial score (nSPS) is 17.9. The summed E-state index contributed by atoms with van der Waals surface area (Å²) in [6, 6.07) is 8.19. The van der Waals surface area contributed by atoms with E-state index in [2.05, 4.69) is 29.3 Å². The van der Waals surface area contributed by atoms with Gasteiger partial charge in [-0.3, -0.25) is 4.79 Å². The highest BCUT2D eigenvalue weighted by Crippen LogP contribution is 2.19. The molecule has 1 fully saturated rings. The molecular weight excluding hydrogens is 330 g/mol. The van der Waals surface area contributed by atoms with Gasteiger partial charge in [-0.15, -0.1) is 0 Å². The third kappa shape index (κ3) is 5.73. The van der Waals surface area contributed by atoms with Crippen molar-refractivity contribution in [2.75, 3.05) is 33.4 Å². The van der Waals surface area contributed by atoms with Gasteiger partial charge in [-0.1, -0.05) is 24.3 Å². The number of nitrogens with one attached hydrogen (secondary N) is 1. The minimum Gasteiger partial charge on any atom is -0.466 e. The lowest BCUT2D eigenvalue weighted by atomic mass is 9.98. The number of benzene rings is 1. The van der Waals surface area contributed by atoms with E-state index in [0.29, 0.717) is 26.3 Å². The zero-order chi connectivity index (χ0) is 18.8. The van der Waals surface area contributed by atoms with E-state index >= 15 is 0 Å². The fourth-order valence-corrected chi connectivity index (χ4v) is 3.22. The van der Waals surface area contributed by atoms with Crippen LogP contribution in [0.1, 0.15) is 37.8 Å². The third-order valence-corrected chi connectivity index (χ3v) is 4.49. The first-order chi connectivity index (χ1) is 12.7. The molecule has 1 aromatic rings. The predicted octanol–water partition coefficient (Wildman–Crippen LogP) is 2.57. The average Bonchev–Trinajstić information content (AvgIpc) is 2.67. The molecule has 2 rings (SSSR count). The number of rotatable bonds is 7. The lowest BCUT2D eigenvalue weighted by Gasteiger charge is -2.34. The number of ether oxygens (including phenoxy) is 2. The maximum Gasteiger partial charge on any atom is 0.310 e. The summed E-state index contributed by atoms with van der Waals surface area (Å²) in [7, 11) is 1.70. The maximum atomic E-state index is 12.1. The first-order valence-corrected chi connectivity index (χ1v) is 9.45. The van der Waals surface area contributed by atoms with Crippen molar-refractivity contribution in [2.24, 2.45) is 10.9 Å². The van der Waals surface area contributed by atoms with E-state index in [1.54, 1.807) is 7.11 Å². The maximum absolute atomic E-state index is 12.1. The predicted molar refractivity (Wildman–Crippen MR) is 103 cm³/mol. The summed E-state index contributed by atoms with van der Waals surface area (Å²) in [5.41, 5.74) is 2.31. The van der Waals surface area contributed by atoms with Crippen molar-refractivity contribution in [3.8, 4) is 0 Å². The van der Waals surface area contributed by atoms with Gasteiger partial charge in [0, 0.05) is 26.7 Å². The quantitative estimate of drug-likeness (QED) is 0.459. The first-order valence-electron chi connectivity index (χ1n) is 9.45. The van der Waals surface area contributed by atoms with Crippen molar-refractivity contribution in [2.45, 2.75) is 39.8 Å². The molecule has 6 heteroatoms. The molecule has 6 nitrogen and oxygen atoms in total. The number of methoxy groups -OCH3 is 1. The van der Waals surface area contributed by atoms with Crippen LogP contribution in [0.15, 0.2) is 29.3 Å². The van der Waals surface area contributed by atoms with E-state index in [9.17, 15) is 4.79 Å². The van der Waals surface area contributed by atoms with Crippen molar-refractivity contribution < 1.29 is 14.3 Å². The number of carbonyl (C=O) groups is 1. The number of carbonyl (C=O) groups excluding carboxylic acids is 1. The largest absolute Gasteiger partial charge is 0.466 e. The molecular formula is C20H31N3O3. The van der Waals surface area contributed by atoms with Crippen molar-refractivity contribution in [3.63, 3.8) is 0 Å². The summed E-state index contributed by atoms with van der Waals surface area (Å²) in [4.78, 5) is 19.1. The zero-order valence-electron chi connectivity index (χ0n) is 16.2. The molecule has 1 aliphatic heterocycles. The van der Waals surface area contributed by atoms with Crippen LogP contribution in [0.4, 0.5) is 0 Å². The van der Waals surface area contributed by atoms with Crippen molar-refractivity contribution in [3.05, 3.63) is 35.4 Å². The average molecular weight is 361 g/mol. The van der Waals surface area contributed by atoms with Crippen LogP contribution in [0.25, 0.3) is 0 Å². The van der Waals surface area contributed by atoms with E-state index < -0.39 is 0 Å². The van der Waals surface area contributed by atoms with Gasteiger partial charge in [0.05, 0.1) is 25.7 Å². The molecule has 26 heavy (non-hydrogen) atoms. The molecule has 144 valence electrons. The minimum absolute atomic E-state index is 0.0756. The van der Waals surface area contributed by atoms with E-state index in [4.69, 9.17) is 14.5 Å². The number of hydrogen-bond donors (Lipinski definition) is 1. The molecule has 0 saturated carbocycles. The Kier molecular flexibility index (Phi) is 8.41. The van der Waals surface area contributed by atoms with Gasteiger partial charge in [-0.25, -0.2) is 4.99 Å². The Bertz CT molecular complexity index is 604. The van der Waals surface area contributed by atoms with E-state index in [0.717, 1.165) is 43.0 Å². The van der Waals surface area contributed by atoms with E-state index in [1.165, 1.54) is 0 Å². The smallest absolute Gasteiger partial charge is 0.310 e. The van der Waals surface area contributed by atoms with Crippen LogP contribution in [0, 0.1) is 5.92 Å². The second-order valence-electron chi connectivity index (χ2n) is 6.41. The number of hydrogen-bond acceptors (Lipinski definition) is 4. The summed E-state index contributed by atoms with van der Waals surface area (Å²) < 4.78 is 10.5. The van der Waals surface area contributed by atoms with Crippen LogP contribution in [0.5, 0.6) is 0 Å². The fraction of sp³-hybridized carbons (Fsp3) is 0.600. The topological polar surface area (TPSA) is 63.2 Å². The Morgan fingerprint density at radius 3 is 2.77 bits per heavy atom. The molecule has 0 aromatic heterocycles. The van der Waals surface area contributed by atoms with Gasteiger partial charge < -0.3 is 19.7 Å². The van der Waals surface area contributed by atoms with Crippen molar-refractivity contribution in [1.29, 1.82) is 0 Å². The summed E-state index contributed by atoms with van der Waals surface area (Å²) in [5.74, 6) is 0.681. The molecule has 0 amide bonds. The van der Waals surface area contributed by atoms with Gasteiger partial charge in [0.2, 0.25) is 0 Å². The van der Waals surface area contributed by atoms with Gasteiger partial charge in [-0.05, 0) is 37.8 Å². The van der Waals surface area contributed by atoms with E-state index in [-0.39, 0.29) is 11.9 Å². The summed E-state index contributed by atoms with van der Waals surface area (Å²) >= 11 is 0. The summed E-state index contributed by atoms with van der Waals surface area (Å²) in [5, 5.41) is 3.36. The van der Waals surface area contributed by atoms with Crippen LogP contribution in [-0.4, -0.2) is 50.2 Å². The number of nitrogens with zero attached hydrogens (tertiary/aromatic N) is 2. The van der Waals surface area contributed by atoms with Crippen LogP contribution in [0.3, 0.4) is 0 Å². The van der Waals surface area contributed by atoms with Gasteiger partial charge >= 0.3 is 5.97 Å².